The number of allylic oxidation sites excluding steroid dienone is 2. The van der Waals surface area contributed by atoms with Gasteiger partial charge in [-0.3, -0.25) is 9.59 Å². The van der Waals surface area contributed by atoms with E-state index >= 15 is 0 Å². The smallest absolute Gasteiger partial charge is 0.306 e. The van der Waals surface area contributed by atoms with Gasteiger partial charge in [-0.05, 0) is 62.4 Å². The van der Waals surface area contributed by atoms with E-state index in [1.165, 1.54) is 5.69 Å². The Kier molecular flexibility index (Phi) is 12.1. The van der Waals surface area contributed by atoms with Crippen LogP contribution in [-0.4, -0.2) is 74.3 Å². The van der Waals surface area contributed by atoms with Gasteiger partial charge in [0.05, 0.1) is 32.4 Å². The van der Waals surface area contributed by atoms with Crippen molar-refractivity contribution >= 4 is 11.8 Å². The Labute approximate surface area is 286 Å². The topological polar surface area (TPSA) is 107 Å². The molecule has 1 saturated heterocycles. The van der Waals surface area contributed by atoms with Gasteiger partial charge in [-0.1, -0.05) is 40.2 Å². The third-order valence-corrected chi connectivity index (χ3v) is 11.6. The average molecular weight is 671 g/mol. The number of Topliss-reactive ketones (excluding diaryl/α,β-unsaturated/α-hetero) is 1. The van der Waals surface area contributed by atoms with Crippen LogP contribution in [0.25, 0.3) is 0 Å². The summed E-state index contributed by atoms with van der Waals surface area (Å²) in [6.45, 7) is 8.28. The molecule has 0 N–H and O–H groups in total. The molecule has 10 atom stereocenters. The van der Waals surface area contributed by atoms with Gasteiger partial charge in [0, 0.05) is 57.1 Å². The zero-order chi connectivity index (χ0) is 34.7. The molecule has 0 aromatic carbocycles. The summed E-state index contributed by atoms with van der Waals surface area (Å²) in [6, 6.07) is 0. The molecule has 10 nitrogen and oxygen atoms in total. The largest absolute Gasteiger partial charge is 0.495 e. The summed E-state index contributed by atoms with van der Waals surface area (Å²) in [5.74, 6) is 2.05. The second-order valence-electron chi connectivity index (χ2n) is 14.2. The van der Waals surface area contributed by atoms with Crippen LogP contribution >= 0.6 is 0 Å². The molecule has 48 heavy (non-hydrogen) atoms. The number of methoxy groups -OCH3 is 4. The molecule has 3 aliphatic carbocycles. The number of aromatic nitrogens is 2. The minimum absolute atomic E-state index is 0.0621. The normalized spacial score (nSPS) is 32.3. The number of carbonyl (C=O) groups excluding carboxylic acids is 2. The maximum absolute atomic E-state index is 14.2. The molecule has 2 unspecified atom stereocenters. The molecule has 2 fully saturated rings. The van der Waals surface area contributed by atoms with E-state index in [0.29, 0.717) is 17.9 Å². The first-order valence-corrected chi connectivity index (χ1v) is 18.2. The maximum atomic E-state index is 14.2. The Balaban J connectivity index is 1.53. The fourth-order valence-electron chi connectivity index (χ4n) is 9.18. The monoisotopic (exact) mass is 670 g/mol. The second kappa shape index (κ2) is 15.9. The third-order valence-electron chi connectivity index (χ3n) is 11.6. The molecular formula is C38H58N2O8. The van der Waals surface area contributed by atoms with Gasteiger partial charge in [0.1, 0.15) is 18.0 Å². The molecule has 0 spiro atoms. The molecule has 0 radical (unpaired) electrons. The number of rotatable bonds is 11. The number of imidazole rings is 1. The molecule has 4 aliphatic rings. The van der Waals surface area contributed by atoms with Gasteiger partial charge in [0.2, 0.25) is 6.29 Å². The van der Waals surface area contributed by atoms with Gasteiger partial charge in [-0.15, -0.1) is 0 Å². The van der Waals surface area contributed by atoms with Gasteiger partial charge < -0.3 is 33.0 Å². The van der Waals surface area contributed by atoms with Crippen LogP contribution < -0.4 is 0 Å². The number of esters is 1. The summed E-state index contributed by atoms with van der Waals surface area (Å²) in [5.41, 5.74) is 3.06. The van der Waals surface area contributed by atoms with E-state index in [0.717, 1.165) is 68.5 Å². The number of hydrogen-bond acceptors (Lipinski definition) is 9. The summed E-state index contributed by atoms with van der Waals surface area (Å²) in [5, 5.41) is 0. The van der Waals surface area contributed by atoms with E-state index in [9.17, 15) is 9.59 Å². The summed E-state index contributed by atoms with van der Waals surface area (Å²) >= 11 is 0. The first-order chi connectivity index (χ1) is 23.1. The van der Waals surface area contributed by atoms with Crippen molar-refractivity contribution in [3.05, 3.63) is 40.4 Å². The van der Waals surface area contributed by atoms with Crippen LogP contribution in [0.5, 0.6) is 0 Å². The minimum Gasteiger partial charge on any atom is -0.495 e. The Morgan fingerprint density at radius 2 is 1.73 bits per heavy atom. The van der Waals surface area contributed by atoms with Crippen LogP contribution in [0.15, 0.2) is 23.2 Å². The zero-order valence-corrected chi connectivity index (χ0v) is 30.6. The molecule has 1 aromatic heterocycles. The molecule has 1 aromatic rings. The van der Waals surface area contributed by atoms with Crippen LogP contribution in [0.4, 0.5) is 0 Å². The number of ketones is 1. The highest BCUT2D eigenvalue weighted by molar-refractivity contribution is 5.99. The van der Waals surface area contributed by atoms with Crippen LogP contribution in [-0.2, 0) is 51.5 Å². The van der Waals surface area contributed by atoms with Crippen LogP contribution in [0.3, 0.4) is 0 Å². The number of ether oxygens (including phenoxy) is 6. The predicted octanol–water partition coefficient (Wildman–Crippen LogP) is 6.52. The van der Waals surface area contributed by atoms with E-state index in [-0.39, 0.29) is 72.0 Å². The Hall–Kier alpha value is -2.69. The van der Waals surface area contributed by atoms with Gasteiger partial charge in [0.15, 0.2) is 17.3 Å². The molecule has 5 rings (SSSR count). The lowest BCUT2D eigenvalue weighted by Gasteiger charge is -2.38. The molecule has 1 saturated carbocycles. The van der Waals surface area contributed by atoms with Gasteiger partial charge >= 0.3 is 5.97 Å². The highest BCUT2D eigenvalue weighted by atomic mass is 16.7. The van der Waals surface area contributed by atoms with E-state index in [4.69, 9.17) is 33.4 Å². The number of fused-ring (bicyclic) bond motifs is 8. The molecule has 1 aliphatic heterocycles. The molecular weight excluding hydrogens is 612 g/mol. The molecule has 0 amide bonds. The number of nitrogens with zero attached hydrogens (tertiary/aromatic N) is 2. The van der Waals surface area contributed by atoms with Crippen molar-refractivity contribution in [3.8, 4) is 0 Å². The van der Waals surface area contributed by atoms with Crippen LogP contribution in [0, 0.1) is 23.7 Å². The van der Waals surface area contributed by atoms with Crippen LogP contribution in [0.1, 0.15) is 115 Å². The number of aryl methyl sites for hydroxylation is 1. The number of hydrogen-bond donors (Lipinski definition) is 0. The Morgan fingerprint density at radius 1 is 1.00 bits per heavy atom. The van der Waals surface area contributed by atoms with E-state index in [1.54, 1.807) is 28.4 Å². The van der Waals surface area contributed by atoms with Crippen molar-refractivity contribution in [1.29, 1.82) is 0 Å². The highest BCUT2D eigenvalue weighted by Crippen LogP contribution is 2.61. The van der Waals surface area contributed by atoms with Crippen molar-refractivity contribution in [2.75, 3.05) is 28.4 Å². The van der Waals surface area contributed by atoms with E-state index in [2.05, 4.69) is 38.5 Å². The Bertz CT molecular complexity index is 1360. The highest BCUT2D eigenvalue weighted by Gasteiger charge is 2.56. The second-order valence-corrected chi connectivity index (χ2v) is 14.2. The summed E-state index contributed by atoms with van der Waals surface area (Å²) in [4.78, 5) is 33.0. The SMILES string of the molecule is CCc1nc2c(n1C)C1C[C@@H](O[C@H](OC)/C(OC)=C(\OC)[C@H](CC)OC)C[C@H]1C1C=C3C(=O)[C@H](C)CCCC[C@H](CC)OC(=O)C[C@H]3[C@H]21. The molecule has 268 valence electrons. The summed E-state index contributed by atoms with van der Waals surface area (Å²) < 4.78 is 38.2. The zero-order valence-electron chi connectivity index (χ0n) is 30.6. The van der Waals surface area contributed by atoms with E-state index < -0.39 is 6.29 Å². The fraction of sp³-hybridized carbons (Fsp3) is 0.763. The van der Waals surface area contributed by atoms with Gasteiger partial charge in [-0.2, -0.15) is 0 Å². The number of carbonyl (C=O) groups is 2. The van der Waals surface area contributed by atoms with Crippen LogP contribution in [0.2, 0.25) is 0 Å². The average Bonchev–Trinajstić information content (AvgIpc) is 3.77. The van der Waals surface area contributed by atoms with Crippen molar-refractivity contribution in [1.82, 2.24) is 9.55 Å². The first kappa shape index (κ1) is 36.6. The third kappa shape index (κ3) is 6.86. The van der Waals surface area contributed by atoms with Crippen molar-refractivity contribution < 1.29 is 38.0 Å². The van der Waals surface area contributed by atoms with Gasteiger partial charge in [-0.25, -0.2) is 4.98 Å². The molecule has 10 heteroatoms. The van der Waals surface area contributed by atoms with Crippen molar-refractivity contribution in [2.45, 2.75) is 128 Å². The molecule has 0 bridgehead atoms. The lowest BCUT2D eigenvalue weighted by atomic mass is 9.66. The molecule has 2 heterocycles. The minimum atomic E-state index is -0.784. The summed E-state index contributed by atoms with van der Waals surface area (Å²) in [7, 11) is 8.57. The first-order valence-electron chi connectivity index (χ1n) is 18.2. The van der Waals surface area contributed by atoms with E-state index in [1.807, 2.05) is 6.92 Å². The predicted molar refractivity (Wildman–Crippen MR) is 181 cm³/mol. The quantitative estimate of drug-likeness (QED) is 0.148. The van der Waals surface area contributed by atoms with Gasteiger partial charge in [0.25, 0.3) is 0 Å². The fourth-order valence-corrected chi connectivity index (χ4v) is 9.18. The summed E-state index contributed by atoms with van der Waals surface area (Å²) in [6.07, 6.45) is 8.57. The maximum Gasteiger partial charge on any atom is 0.306 e. The number of cyclic esters (lactones) is 1. The Morgan fingerprint density at radius 3 is 2.35 bits per heavy atom. The standard InChI is InChI=1S/C38H58N2O8/c1-10-22-16-14-13-15-21(4)35(42)28-19-25-24-17-23(48-38(46-9)37(45-8)36(44-7)29(11-2)43-6)18-27(24)34-33(39-30(12-3)40(34)5)32(25)26(28)20-31(41)47-22/h19,21-27,29,32,38H,10-18,20H2,1-9H3/b37-36+/t21-,22+,23+,24+,25?,26-,27?,29+,32-,38+/m1/s1. The lowest BCUT2D eigenvalue weighted by Crippen LogP contribution is -2.33. The lowest BCUT2D eigenvalue weighted by molar-refractivity contribution is -0.155. The van der Waals surface area contributed by atoms with Crippen molar-refractivity contribution in [2.24, 2.45) is 30.7 Å². The van der Waals surface area contributed by atoms with Crippen molar-refractivity contribution in [3.63, 3.8) is 0 Å².